The van der Waals surface area contributed by atoms with Gasteiger partial charge in [-0.25, -0.2) is 4.79 Å². The number of carbonyl (C=O) groups is 1. The molecule has 1 atom stereocenters. The Kier molecular flexibility index (Phi) is 4.19. The van der Waals surface area contributed by atoms with Crippen molar-refractivity contribution in [3.8, 4) is 0 Å². The van der Waals surface area contributed by atoms with Crippen LogP contribution in [0.1, 0.15) is 26.5 Å². The second kappa shape index (κ2) is 6.14. The molecule has 1 unspecified atom stereocenters. The summed E-state index contributed by atoms with van der Waals surface area (Å²) in [6.45, 7) is 9.01. The maximum atomic E-state index is 12.2. The Morgan fingerprint density at radius 1 is 1.48 bits per heavy atom. The van der Waals surface area contributed by atoms with E-state index in [0.29, 0.717) is 26.2 Å². The van der Waals surface area contributed by atoms with Crippen LogP contribution in [0.5, 0.6) is 0 Å². The third-order valence-corrected chi connectivity index (χ3v) is 3.86. The summed E-state index contributed by atoms with van der Waals surface area (Å²) in [4.78, 5) is 20.7. The molecule has 7 nitrogen and oxygen atoms in total. The van der Waals surface area contributed by atoms with Crippen LogP contribution in [0.25, 0.3) is 0 Å². The molecule has 0 spiro atoms. The molecule has 2 aliphatic heterocycles. The first-order valence-corrected chi connectivity index (χ1v) is 7.98. The lowest BCUT2D eigenvalue weighted by atomic mass is 10.2. The van der Waals surface area contributed by atoms with Crippen LogP contribution in [0, 0.1) is 0 Å². The number of fused-ring (bicyclic) bond motifs is 1. The molecule has 2 aliphatic rings. The number of nitrogens with one attached hydrogen (secondary N) is 1. The van der Waals surface area contributed by atoms with Gasteiger partial charge < -0.3 is 24.3 Å². The molecule has 0 bridgehead atoms. The normalized spacial score (nSPS) is 21.0. The van der Waals surface area contributed by atoms with Crippen LogP contribution in [0.4, 0.5) is 4.79 Å². The summed E-state index contributed by atoms with van der Waals surface area (Å²) in [5, 5.41) is 3.31. The number of guanidine groups is 1. The smallest absolute Gasteiger partial charge is 0.410 e. The van der Waals surface area contributed by atoms with Gasteiger partial charge in [-0.2, -0.15) is 0 Å². The summed E-state index contributed by atoms with van der Waals surface area (Å²) in [5.41, 5.74) is -0.462. The highest BCUT2D eigenvalue weighted by Gasteiger charge is 2.36. The number of piperazine rings is 1. The lowest BCUT2D eigenvalue weighted by Gasteiger charge is -2.39. The Bertz CT molecular complexity index is 577. The zero-order valence-electron chi connectivity index (χ0n) is 13.9. The molecule has 1 aromatic heterocycles. The predicted molar refractivity (Wildman–Crippen MR) is 86.2 cm³/mol. The van der Waals surface area contributed by atoms with E-state index in [-0.39, 0.29) is 12.1 Å². The summed E-state index contributed by atoms with van der Waals surface area (Å²) in [6, 6.07) is 4.02. The number of hydrogen-bond donors (Lipinski definition) is 1. The van der Waals surface area contributed by atoms with Gasteiger partial charge in [0.25, 0.3) is 0 Å². The van der Waals surface area contributed by atoms with Crippen LogP contribution >= 0.6 is 0 Å². The van der Waals surface area contributed by atoms with Crippen molar-refractivity contribution in [1.29, 1.82) is 0 Å². The van der Waals surface area contributed by atoms with Gasteiger partial charge >= 0.3 is 6.09 Å². The molecule has 0 saturated carbocycles. The number of rotatable bonds is 2. The van der Waals surface area contributed by atoms with Gasteiger partial charge in [0.15, 0.2) is 5.96 Å². The van der Waals surface area contributed by atoms with E-state index in [2.05, 4.69) is 15.2 Å². The van der Waals surface area contributed by atoms with Crippen molar-refractivity contribution < 1.29 is 13.9 Å². The van der Waals surface area contributed by atoms with E-state index in [1.165, 1.54) is 0 Å². The second-order valence-electron chi connectivity index (χ2n) is 6.87. The van der Waals surface area contributed by atoms with Crippen molar-refractivity contribution in [2.24, 2.45) is 4.99 Å². The highest BCUT2D eigenvalue weighted by Crippen LogP contribution is 2.18. The number of amides is 1. The van der Waals surface area contributed by atoms with Gasteiger partial charge in [-0.05, 0) is 32.9 Å². The minimum Gasteiger partial charge on any atom is -0.467 e. The van der Waals surface area contributed by atoms with Crippen molar-refractivity contribution >= 4 is 12.1 Å². The summed E-state index contributed by atoms with van der Waals surface area (Å²) < 4.78 is 10.8. The zero-order chi connectivity index (χ0) is 16.4. The fourth-order valence-electron chi connectivity index (χ4n) is 2.80. The van der Waals surface area contributed by atoms with Gasteiger partial charge in [0.2, 0.25) is 0 Å². The Labute approximate surface area is 136 Å². The molecule has 1 fully saturated rings. The molecule has 3 rings (SSSR count). The van der Waals surface area contributed by atoms with Gasteiger partial charge in [0.1, 0.15) is 11.4 Å². The van der Waals surface area contributed by atoms with Crippen molar-refractivity contribution in [1.82, 2.24) is 15.1 Å². The van der Waals surface area contributed by atoms with Crippen LogP contribution < -0.4 is 5.32 Å². The maximum Gasteiger partial charge on any atom is 0.410 e. The Morgan fingerprint density at radius 2 is 2.30 bits per heavy atom. The van der Waals surface area contributed by atoms with E-state index in [1.807, 2.05) is 32.9 Å². The molecule has 1 aromatic rings. The van der Waals surface area contributed by atoms with E-state index >= 15 is 0 Å². The number of nitrogens with zero attached hydrogens (tertiary/aromatic N) is 3. The van der Waals surface area contributed by atoms with E-state index in [0.717, 1.165) is 18.3 Å². The SMILES string of the molecule is CC(C)(C)OC(=O)N1CCN2C(NCc3ccco3)=NCC2C1. The van der Waals surface area contributed by atoms with Crippen LogP contribution in [-0.4, -0.2) is 59.7 Å². The summed E-state index contributed by atoms with van der Waals surface area (Å²) in [7, 11) is 0. The topological polar surface area (TPSA) is 70.3 Å². The molecule has 7 heteroatoms. The first-order valence-electron chi connectivity index (χ1n) is 7.98. The second-order valence-corrected chi connectivity index (χ2v) is 6.87. The molecule has 0 aliphatic carbocycles. The van der Waals surface area contributed by atoms with Crippen LogP contribution in [0.3, 0.4) is 0 Å². The quantitative estimate of drug-likeness (QED) is 0.897. The number of aliphatic imine (C=N–C) groups is 1. The molecule has 1 saturated heterocycles. The van der Waals surface area contributed by atoms with Crippen LogP contribution in [0.2, 0.25) is 0 Å². The standard InChI is InChI=1S/C16H24N4O3/c1-16(2,3)23-15(21)19-6-7-20-12(11-19)9-17-14(20)18-10-13-5-4-8-22-13/h4-5,8,12H,6-7,9-11H2,1-3H3,(H,17,18). The van der Waals surface area contributed by atoms with Crippen molar-refractivity contribution in [2.75, 3.05) is 26.2 Å². The molecular formula is C16H24N4O3. The average Bonchev–Trinajstić information content (AvgIpc) is 3.12. The number of ether oxygens (including phenoxy) is 1. The first kappa shape index (κ1) is 15.7. The molecule has 1 amide bonds. The Hall–Kier alpha value is -2.18. The Morgan fingerprint density at radius 3 is 3.00 bits per heavy atom. The largest absolute Gasteiger partial charge is 0.467 e. The van der Waals surface area contributed by atoms with Gasteiger partial charge in [0, 0.05) is 19.6 Å². The Balaban J connectivity index is 1.52. The highest BCUT2D eigenvalue weighted by atomic mass is 16.6. The van der Waals surface area contributed by atoms with E-state index in [4.69, 9.17) is 9.15 Å². The van der Waals surface area contributed by atoms with Gasteiger partial charge in [0.05, 0.1) is 25.4 Å². The summed E-state index contributed by atoms with van der Waals surface area (Å²) in [5.74, 6) is 1.76. The number of carbonyl (C=O) groups excluding carboxylic acids is 1. The van der Waals surface area contributed by atoms with E-state index in [1.54, 1.807) is 11.2 Å². The minimum atomic E-state index is -0.462. The van der Waals surface area contributed by atoms with Crippen molar-refractivity contribution in [3.63, 3.8) is 0 Å². The van der Waals surface area contributed by atoms with Crippen LogP contribution in [-0.2, 0) is 11.3 Å². The zero-order valence-corrected chi connectivity index (χ0v) is 13.9. The minimum absolute atomic E-state index is 0.218. The van der Waals surface area contributed by atoms with E-state index in [9.17, 15) is 4.79 Å². The fraction of sp³-hybridized carbons (Fsp3) is 0.625. The lowest BCUT2D eigenvalue weighted by Crippen LogP contribution is -2.57. The third-order valence-electron chi connectivity index (χ3n) is 3.86. The molecule has 1 N–H and O–H groups in total. The lowest BCUT2D eigenvalue weighted by molar-refractivity contribution is 0.0137. The average molecular weight is 320 g/mol. The maximum absolute atomic E-state index is 12.2. The molecule has 126 valence electrons. The predicted octanol–water partition coefficient (Wildman–Crippen LogP) is 1.66. The highest BCUT2D eigenvalue weighted by molar-refractivity contribution is 5.82. The fourth-order valence-corrected chi connectivity index (χ4v) is 2.80. The monoisotopic (exact) mass is 320 g/mol. The van der Waals surface area contributed by atoms with Crippen LogP contribution in [0.15, 0.2) is 27.8 Å². The van der Waals surface area contributed by atoms with Gasteiger partial charge in [-0.3, -0.25) is 4.99 Å². The number of furan rings is 1. The van der Waals surface area contributed by atoms with Crippen molar-refractivity contribution in [3.05, 3.63) is 24.2 Å². The van der Waals surface area contributed by atoms with E-state index < -0.39 is 5.60 Å². The van der Waals surface area contributed by atoms with Gasteiger partial charge in [-0.1, -0.05) is 0 Å². The molecule has 23 heavy (non-hydrogen) atoms. The first-order chi connectivity index (χ1) is 10.9. The van der Waals surface area contributed by atoms with Gasteiger partial charge in [-0.15, -0.1) is 0 Å². The molecule has 3 heterocycles. The summed E-state index contributed by atoms with van der Waals surface area (Å²) >= 11 is 0. The summed E-state index contributed by atoms with van der Waals surface area (Å²) in [6.07, 6.45) is 1.42. The molecule has 0 aromatic carbocycles. The molecular weight excluding hydrogens is 296 g/mol. The number of hydrogen-bond acceptors (Lipinski definition) is 6. The molecule has 0 radical (unpaired) electrons. The third kappa shape index (κ3) is 3.78. The van der Waals surface area contributed by atoms with Crippen molar-refractivity contribution in [2.45, 2.75) is 39.0 Å².